The molecule has 0 radical (unpaired) electrons. The number of nitro groups is 1. The number of halogens is 1. The maximum atomic E-state index is 11.7. The van der Waals surface area contributed by atoms with Gasteiger partial charge in [-0.1, -0.05) is 23.7 Å². The molecule has 10 heteroatoms. The van der Waals surface area contributed by atoms with Crippen LogP contribution in [0.4, 0.5) is 23.0 Å². The Morgan fingerprint density at radius 3 is 2.45 bits per heavy atom. The van der Waals surface area contributed by atoms with E-state index in [9.17, 15) is 10.1 Å². The van der Waals surface area contributed by atoms with Crippen molar-refractivity contribution in [1.29, 1.82) is 0 Å². The van der Waals surface area contributed by atoms with E-state index in [0.717, 1.165) is 11.3 Å². The van der Waals surface area contributed by atoms with Crippen LogP contribution in [0.2, 0.25) is 5.02 Å². The van der Waals surface area contributed by atoms with Crippen molar-refractivity contribution in [3.05, 3.63) is 69.5 Å². The van der Waals surface area contributed by atoms with E-state index in [1.165, 1.54) is 13.4 Å². The van der Waals surface area contributed by atoms with Crippen LogP contribution in [0, 0.1) is 10.1 Å². The van der Waals surface area contributed by atoms with Gasteiger partial charge >= 0.3 is 5.69 Å². The van der Waals surface area contributed by atoms with Crippen molar-refractivity contribution >= 4 is 34.6 Å². The summed E-state index contributed by atoms with van der Waals surface area (Å²) in [5, 5.41) is 18.1. The van der Waals surface area contributed by atoms with Gasteiger partial charge in [0.05, 0.1) is 24.8 Å². The fourth-order valence-electron chi connectivity index (χ4n) is 2.61. The van der Waals surface area contributed by atoms with Crippen LogP contribution < -0.4 is 20.1 Å². The molecule has 0 aliphatic heterocycles. The Labute approximate surface area is 171 Å². The van der Waals surface area contributed by atoms with Crippen LogP contribution in [-0.4, -0.2) is 29.1 Å². The Morgan fingerprint density at radius 1 is 1.07 bits per heavy atom. The molecule has 1 aromatic heterocycles. The summed E-state index contributed by atoms with van der Waals surface area (Å²) in [5.41, 5.74) is 1.07. The van der Waals surface area contributed by atoms with Crippen LogP contribution in [-0.2, 0) is 6.54 Å². The standard InChI is InChI=1S/C19H18ClN5O4/c1-28-14-6-3-12(4-7-14)10-21-18-17(25(26)27)19(23-11-22-18)24-15-9-13(20)5-8-16(15)29-2/h3-9,11H,10H2,1-2H3,(H2,21,22,23,24). The molecular weight excluding hydrogens is 398 g/mol. The van der Waals surface area contributed by atoms with Crippen LogP contribution in [0.15, 0.2) is 48.8 Å². The van der Waals surface area contributed by atoms with E-state index in [4.69, 9.17) is 21.1 Å². The minimum atomic E-state index is -0.546. The molecule has 0 spiro atoms. The van der Waals surface area contributed by atoms with Crippen molar-refractivity contribution in [2.75, 3.05) is 24.9 Å². The molecule has 0 saturated carbocycles. The third-order valence-corrected chi connectivity index (χ3v) is 4.27. The van der Waals surface area contributed by atoms with Crippen LogP contribution in [0.25, 0.3) is 0 Å². The van der Waals surface area contributed by atoms with Gasteiger partial charge in [0, 0.05) is 11.6 Å². The Balaban J connectivity index is 1.87. The Morgan fingerprint density at radius 2 is 1.79 bits per heavy atom. The third kappa shape index (κ3) is 4.82. The molecule has 0 saturated heterocycles. The quantitative estimate of drug-likeness (QED) is 0.411. The zero-order valence-corrected chi connectivity index (χ0v) is 16.4. The Hall–Kier alpha value is -3.59. The summed E-state index contributed by atoms with van der Waals surface area (Å²) in [6.07, 6.45) is 1.24. The molecule has 0 fully saturated rings. The van der Waals surface area contributed by atoms with Crippen molar-refractivity contribution in [1.82, 2.24) is 9.97 Å². The molecule has 0 amide bonds. The number of nitrogens with one attached hydrogen (secondary N) is 2. The molecule has 3 aromatic rings. The first-order chi connectivity index (χ1) is 14.0. The van der Waals surface area contributed by atoms with Gasteiger partial charge < -0.3 is 20.1 Å². The van der Waals surface area contributed by atoms with Crippen LogP contribution in [0.1, 0.15) is 5.56 Å². The summed E-state index contributed by atoms with van der Waals surface area (Å²) in [6.45, 7) is 0.335. The van der Waals surface area contributed by atoms with Gasteiger partial charge in [0.15, 0.2) is 0 Å². The first-order valence-corrected chi connectivity index (χ1v) is 8.86. The summed E-state index contributed by atoms with van der Waals surface area (Å²) in [5.74, 6) is 1.30. The lowest BCUT2D eigenvalue weighted by atomic mass is 10.2. The molecule has 3 rings (SSSR count). The van der Waals surface area contributed by atoms with E-state index in [2.05, 4.69) is 20.6 Å². The van der Waals surface area contributed by atoms with Gasteiger partial charge in [0.1, 0.15) is 17.8 Å². The van der Waals surface area contributed by atoms with Gasteiger partial charge in [0.25, 0.3) is 0 Å². The van der Waals surface area contributed by atoms with Gasteiger partial charge in [-0.15, -0.1) is 0 Å². The van der Waals surface area contributed by atoms with Crippen molar-refractivity contribution < 1.29 is 14.4 Å². The highest BCUT2D eigenvalue weighted by Gasteiger charge is 2.24. The normalized spacial score (nSPS) is 10.3. The summed E-state index contributed by atoms with van der Waals surface area (Å²) in [7, 11) is 3.07. The third-order valence-electron chi connectivity index (χ3n) is 4.04. The Kier molecular flexibility index (Phi) is 6.30. The monoisotopic (exact) mass is 415 g/mol. The summed E-state index contributed by atoms with van der Waals surface area (Å²) in [4.78, 5) is 19.2. The molecule has 0 unspecified atom stereocenters. The average molecular weight is 416 g/mol. The minimum absolute atomic E-state index is 0.0165. The first kappa shape index (κ1) is 20.2. The highest BCUT2D eigenvalue weighted by Crippen LogP contribution is 2.35. The topological polar surface area (TPSA) is 111 Å². The number of ether oxygens (including phenoxy) is 2. The number of benzene rings is 2. The van der Waals surface area contributed by atoms with E-state index in [-0.39, 0.29) is 17.3 Å². The van der Waals surface area contributed by atoms with Crippen LogP contribution in [0.3, 0.4) is 0 Å². The van der Waals surface area contributed by atoms with Crippen molar-refractivity contribution in [2.24, 2.45) is 0 Å². The number of aromatic nitrogens is 2. The molecule has 0 bridgehead atoms. The van der Waals surface area contributed by atoms with Crippen molar-refractivity contribution in [2.45, 2.75) is 6.54 Å². The average Bonchev–Trinajstić information content (AvgIpc) is 2.72. The lowest BCUT2D eigenvalue weighted by Crippen LogP contribution is -2.08. The predicted octanol–water partition coefficient (Wildman–Crippen LogP) is 4.41. The van der Waals surface area contributed by atoms with E-state index < -0.39 is 4.92 Å². The van der Waals surface area contributed by atoms with E-state index >= 15 is 0 Å². The molecule has 2 N–H and O–H groups in total. The molecule has 2 aromatic carbocycles. The summed E-state index contributed by atoms with van der Waals surface area (Å²) >= 11 is 6.03. The van der Waals surface area contributed by atoms with Crippen molar-refractivity contribution in [3.8, 4) is 11.5 Å². The second kappa shape index (κ2) is 9.07. The minimum Gasteiger partial charge on any atom is -0.497 e. The number of hydrogen-bond acceptors (Lipinski definition) is 8. The maximum absolute atomic E-state index is 11.7. The molecule has 150 valence electrons. The fraction of sp³-hybridized carbons (Fsp3) is 0.158. The zero-order valence-electron chi connectivity index (χ0n) is 15.7. The molecular formula is C19H18ClN5O4. The van der Waals surface area contributed by atoms with E-state index in [0.29, 0.717) is 23.0 Å². The second-order valence-electron chi connectivity index (χ2n) is 5.85. The molecule has 0 atom stereocenters. The van der Waals surface area contributed by atoms with Gasteiger partial charge in [-0.2, -0.15) is 0 Å². The first-order valence-electron chi connectivity index (χ1n) is 8.48. The van der Waals surface area contributed by atoms with Gasteiger partial charge in [-0.3, -0.25) is 10.1 Å². The molecule has 29 heavy (non-hydrogen) atoms. The van der Waals surface area contributed by atoms with E-state index in [1.807, 2.05) is 24.3 Å². The molecule has 1 heterocycles. The largest absolute Gasteiger partial charge is 0.497 e. The maximum Gasteiger partial charge on any atom is 0.353 e. The number of hydrogen-bond donors (Lipinski definition) is 2. The van der Waals surface area contributed by atoms with Gasteiger partial charge in [-0.05, 0) is 35.9 Å². The van der Waals surface area contributed by atoms with Gasteiger partial charge in [0.2, 0.25) is 11.6 Å². The number of anilines is 3. The fourth-order valence-corrected chi connectivity index (χ4v) is 2.78. The van der Waals surface area contributed by atoms with Crippen LogP contribution in [0.5, 0.6) is 11.5 Å². The molecule has 0 aliphatic rings. The van der Waals surface area contributed by atoms with Crippen LogP contribution >= 0.6 is 11.6 Å². The lowest BCUT2D eigenvalue weighted by Gasteiger charge is -2.13. The second-order valence-corrected chi connectivity index (χ2v) is 6.28. The smallest absolute Gasteiger partial charge is 0.353 e. The summed E-state index contributed by atoms with van der Waals surface area (Å²) < 4.78 is 10.4. The SMILES string of the molecule is COc1ccc(CNc2ncnc(Nc3cc(Cl)ccc3OC)c2[N+](=O)[O-])cc1. The summed E-state index contributed by atoms with van der Waals surface area (Å²) in [6, 6.07) is 12.2. The van der Waals surface area contributed by atoms with Crippen molar-refractivity contribution in [3.63, 3.8) is 0 Å². The van der Waals surface area contributed by atoms with E-state index in [1.54, 1.807) is 25.3 Å². The zero-order chi connectivity index (χ0) is 20.8. The number of methoxy groups -OCH3 is 2. The number of rotatable bonds is 8. The number of nitrogens with zero attached hydrogens (tertiary/aromatic N) is 3. The Bertz CT molecular complexity index is 1010. The predicted molar refractivity (Wildman–Crippen MR) is 110 cm³/mol. The molecule has 0 aliphatic carbocycles. The molecule has 9 nitrogen and oxygen atoms in total. The highest BCUT2D eigenvalue weighted by atomic mass is 35.5. The van der Waals surface area contributed by atoms with Gasteiger partial charge in [-0.25, -0.2) is 9.97 Å². The lowest BCUT2D eigenvalue weighted by molar-refractivity contribution is -0.383. The highest BCUT2D eigenvalue weighted by molar-refractivity contribution is 6.31.